The Morgan fingerprint density at radius 2 is 2.04 bits per heavy atom. The van der Waals surface area contributed by atoms with Gasteiger partial charge in [-0.3, -0.25) is 28.6 Å². The lowest BCUT2D eigenvalue weighted by Crippen LogP contribution is -2.41. The van der Waals surface area contributed by atoms with Crippen molar-refractivity contribution in [3.63, 3.8) is 0 Å². The van der Waals surface area contributed by atoms with E-state index in [0.717, 1.165) is 11.8 Å². The minimum atomic E-state index is -0.242. The first-order valence-corrected chi connectivity index (χ1v) is 9.74. The van der Waals surface area contributed by atoms with E-state index in [1.807, 2.05) is 6.07 Å². The van der Waals surface area contributed by atoms with E-state index in [4.69, 9.17) is 0 Å². The van der Waals surface area contributed by atoms with Crippen molar-refractivity contribution in [3.05, 3.63) is 40.9 Å². The van der Waals surface area contributed by atoms with Gasteiger partial charge < -0.3 is 4.90 Å². The van der Waals surface area contributed by atoms with E-state index < -0.39 is 0 Å². The van der Waals surface area contributed by atoms with Crippen molar-refractivity contribution in [2.24, 2.45) is 0 Å². The molecule has 2 fully saturated rings. The first-order chi connectivity index (χ1) is 13.0. The Balaban J connectivity index is 1.39. The summed E-state index contributed by atoms with van der Waals surface area (Å²) < 4.78 is 1.44. The summed E-state index contributed by atoms with van der Waals surface area (Å²) in [6.45, 7) is 1.12. The molecule has 1 aromatic heterocycles. The second-order valence-electron chi connectivity index (χ2n) is 6.61. The number of nitrogens with zero attached hydrogens (tertiary/aromatic N) is 4. The predicted octanol–water partition coefficient (Wildman–Crippen LogP) is 1.08. The SMILES string of the molecule is O=C(CCn1cnc2ccccc2c1=O)N1CCC(N2C(=O)CSC2=O)C1. The first-order valence-electron chi connectivity index (χ1n) is 8.75. The van der Waals surface area contributed by atoms with Gasteiger partial charge in [0.05, 0.1) is 29.0 Å². The highest BCUT2D eigenvalue weighted by Crippen LogP contribution is 2.26. The summed E-state index contributed by atoms with van der Waals surface area (Å²) in [6, 6.07) is 6.85. The molecule has 2 aromatic rings. The van der Waals surface area contributed by atoms with Crippen molar-refractivity contribution in [2.45, 2.75) is 25.4 Å². The van der Waals surface area contributed by atoms with Crippen molar-refractivity contribution in [3.8, 4) is 0 Å². The van der Waals surface area contributed by atoms with Gasteiger partial charge in [-0.05, 0) is 18.6 Å². The smallest absolute Gasteiger partial charge is 0.289 e. The molecule has 0 spiro atoms. The molecular weight excluding hydrogens is 368 g/mol. The standard InChI is InChI=1S/C18H18N4O4S/c23-15(20-7-5-12(9-20)22-16(24)10-27-18(22)26)6-8-21-11-19-14-4-2-1-3-13(14)17(21)25/h1-4,11-12H,5-10H2. The van der Waals surface area contributed by atoms with Crippen molar-refractivity contribution in [2.75, 3.05) is 18.8 Å². The summed E-state index contributed by atoms with van der Waals surface area (Å²) in [5, 5.41) is 0.297. The number of benzene rings is 1. The van der Waals surface area contributed by atoms with Crippen LogP contribution >= 0.6 is 11.8 Å². The number of carbonyl (C=O) groups excluding carboxylic acids is 3. The molecule has 9 heteroatoms. The molecule has 1 aromatic carbocycles. The van der Waals surface area contributed by atoms with E-state index >= 15 is 0 Å². The molecule has 3 heterocycles. The second kappa shape index (κ2) is 7.15. The number of carbonyl (C=O) groups is 3. The molecule has 2 saturated heterocycles. The van der Waals surface area contributed by atoms with Crippen LogP contribution in [0, 0.1) is 0 Å². The number of hydrogen-bond acceptors (Lipinski definition) is 6. The molecule has 0 radical (unpaired) electrons. The number of hydrogen-bond donors (Lipinski definition) is 0. The van der Waals surface area contributed by atoms with Gasteiger partial charge in [0.25, 0.3) is 10.8 Å². The summed E-state index contributed by atoms with van der Waals surface area (Å²) in [5.41, 5.74) is 0.461. The normalized spacial score (nSPS) is 20.1. The van der Waals surface area contributed by atoms with Crippen molar-refractivity contribution in [1.82, 2.24) is 19.4 Å². The van der Waals surface area contributed by atoms with Gasteiger partial charge in [0.1, 0.15) is 0 Å². The first kappa shape index (κ1) is 17.7. The van der Waals surface area contributed by atoms with Crippen molar-refractivity contribution >= 4 is 39.7 Å². The molecule has 0 bridgehead atoms. The highest BCUT2D eigenvalue weighted by atomic mass is 32.2. The number of thioether (sulfide) groups is 1. The molecular formula is C18H18N4O4S. The number of aryl methyl sites for hydroxylation is 1. The summed E-state index contributed by atoms with van der Waals surface area (Å²) >= 11 is 1.01. The number of rotatable bonds is 4. The summed E-state index contributed by atoms with van der Waals surface area (Å²) in [7, 11) is 0. The molecule has 140 valence electrons. The number of imide groups is 1. The van der Waals surface area contributed by atoms with E-state index in [2.05, 4.69) is 4.98 Å². The maximum atomic E-state index is 12.5. The zero-order valence-corrected chi connectivity index (χ0v) is 15.4. The van der Waals surface area contributed by atoms with Gasteiger partial charge in [0.15, 0.2) is 0 Å². The Morgan fingerprint density at radius 3 is 2.81 bits per heavy atom. The molecule has 3 amide bonds. The molecule has 2 aliphatic rings. The Bertz CT molecular complexity index is 973. The van der Waals surface area contributed by atoms with Crippen LogP contribution in [-0.2, 0) is 16.1 Å². The van der Waals surface area contributed by atoms with Gasteiger partial charge in [-0.25, -0.2) is 4.98 Å². The van der Waals surface area contributed by atoms with Crippen LogP contribution in [0.4, 0.5) is 4.79 Å². The van der Waals surface area contributed by atoms with E-state index in [0.29, 0.717) is 30.4 Å². The van der Waals surface area contributed by atoms with Gasteiger partial charge in [-0.1, -0.05) is 23.9 Å². The molecule has 4 rings (SSSR count). The average molecular weight is 386 g/mol. The third-order valence-corrected chi connectivity index (χ3v) is 5.80. The fourth-order valence-corrected chi connectivity index (χ4v) is 4.31. The number of aromatic nitrogens is 2. The molecule has 0 N–H and O–H groups in total. The van der Waals surface area contributed by atoms with Crippen molar-refractivity contribution in [1.29, 1.82) is 0 Å². The molecule has 2 aliphatic heterocycles. The third-order valence-electron chi connectivity index (χ3n) is 4.96. The predicted molar refractivity (Wildman–Crippen MR) is 100 cm³/mol. The van der Waals surface area contributed by atoms with Gasteiger partial charge >= 0.3 is 0 Å². The lowest BCUT2D eigenvalue weighted by atomic mass is 10.2. The summed E-state index contributed by atoms with van der Waals surface area (Å²) in [5.74, 6) is -0.0939. The minimum Gasteiger partial charge on any atom is -0.340 e. The number of amides is 3. The van der Waals surface area contributed by atoms with Gasteiger partial charge in [0, 0.05) is 26.1 Å². The topological polar surface area (TPSA) is 92.6 Å². The fraction of sp³-hybridized carbons (Fsp3) is 0.389. The van der Waals surface area contributed by atoms with Crippen LogP contribution in [0.3, 0.4) is 0 Å². The van der Waals surface area contributed by atoms with Gasteiger partial charge in [-0.2, -0.15) is 0 Å². The molecule has 0 aliphatic carbocycles. The lowest BCUT2D eigenvalue weighted by Gasteiger charge is -2.22. The molecule has 1 atom stereocenters. The summed E-state index contributed by atoms with van der Waals surface area (Å²) in [4.78, 5) is 55.9. The van der Waals surface area contributed by atoms with Crippen molar-refractivity contribution < 1.29 is 14.4 Å². The van der Waals surface area contributed by atoms with Crippen LogP contribution < -0.4 is 5.56 Å². The van der Waals surface area contributed by atoms with Gasteiger partial charge in [-0.15, -0.1) is 0 Å². The van der Waals surface area contributed by atoms with Crippen LogP contribution in [0.1, 0.15) is 12.8 Å². The monoisotopic (exact) mass is 386 g/mol. The molecule has 1 unspecified atom stereocenters. The highest BCUT2D eigenvalue weighted by Gasteiger charge is 2.40. The van der Waals surface area contributed by atoms with Crippen LogP contribution in [0.2, 0.25) is 0 Å². The molecule has 0 saturated carbocycles. The number of para-hydroxylation sites is 1. The maximum Gasteiger partial charge on any atom is 0.289 e. The fourth-order valence-electron chi connectivity index (χ4n) is 3.54. The Kier molecular flexibility index (Phi) is 4.69. The minimum absolute atomic E-state index is 0.0932. The Labute approximate surface area is 159 Å². The maximum absolute atomic E-state index is 12.5. The second-order valence-corrected chi connectivity index (χ2v) is 7.54. The average Bonchev–Trinajstić information content (AvgIpc) is 3.27. The molecule has 27 heavy (non-hydrogen) atoms. The van der Waals surface area contributed by atoms with E-state index in [9.17, 15) is 19.2 Å². The van der Waals surface area contributed by atoms with E-state index in [1.165, 1.54) is 15.8 Å². The van der Waals surface area contributed by atoms with Crippen LogP contribution in [0.25, 0.3) is 10.9 Å². The Hall–Kier alpha value is -2.68. The summed E-state index contributed by atoms with van der Waals surface area (Å²) in [6.07, 6.45) is 2.23. The zero-order chi connectivity index (χ0) is 19.0. The highest BCUT2D eigenvalue weighted by molar-refractivity contribution is 8.14. The number of fused-ring (bicyclic) bond motifs is 1. The third kappa shape index (κ3) is 3.34. The van der Waals surface area contributed by atoms with Crippen LogP contribution in [-0.4, -0.2) is 61.3 Å². The largest absolute Gasteiger partial charge is 0.340 e. The quantitative estimate of drug-likeness (QED) is 0.781. The lowest BCUT2D eigenvalue weighted by molar-refractivity contribution is -0.131. The number of likely N-dealkylation sites (tertiary alicyclic amines) is 1. The van der Waals surface area contributed by atoms with Crippen LogP contribution in [0.15, 0.2) is 35.4 Å². The molecule has 8 nitrogen and oxygen atoms in total. The zero-order valence-electron chi connectivity index (χ0n) is 14.5. The van der Waals surface area contributed by atoms with E-state index in [1.54, 1.807) is 23.1 Å². The van der Waals surface area contributed by atoms with Gasteiger partial charge in [0.2, 0.25) is 11.8 Å². The Morgan fingerprint density at radius 1 is 1.22 bits per heavy atom. The van der Waals surface area contributed by atoms with E-state index in [-0.39, 0.29) is 47.4 Å². The van der Waals surface area contributed by atoms with Crippen LogP contribution in [0.5, 0.6) is 0 Å².